The Hall–Kier alpha value is -1.52. The van der Waals surface area contributed by atoms with Gasteiger partial charge in [-0.1, -0.05) is 29.3 Å². The van der Waals surface area contributed by atoms with Crippen molar-refractivity contribution in [3.63, 3.8) is 0 Å². The van der Waals surface area contributed by atoms with E-state index >= 15 is 0 Å². The summed E-state index contributed by atoms with van der Waals surface area (Å²) in [5.74, 6) is 0.860. The zero-order valence-electron chi connectivity index (χ0n) is 9.87. The summed E-state index contributed by atoms with van der Waals surface area (Å²) in [6.45, 7) is 1.97. The molecule has 1 aromatic carbocycles. The Kier molecular flexibility index (Phi) is 3.89. The zero-order chi connectivity index (χ0) is 13.1. The molecule has 0 amide bonds. The van der Waals surface area contributed by atoms with E-state index < -0.39 is 0 Å². The van der Waals surface area contributed by atoms with E-state index in [1.54, 1.807) is 0 Å². The smallest absolute Gasteiger partial charge is 0.199 e. The lowest BCUT2D eigenvalue weighted by molar-refractivity contribution is 0.413. The van der Waals surface area contributed by atoms with Gasteiger partial charge in [0.1, 0.15) is 6.33 Å². The van der Waals surface area contributed by atoms with E-state index in [0.717, 1.165) is 11.3 Å². The maximum absolute atomic E-state index is 6.14. The van der Waals surface area contributed by atoms with Crippen LogP contribution >= 0.6 is 23.2 Å². The third-order valence-electron chi connectivity index (χ3n) is 2.34. The van der Waals surface area contributed by atoms with Crippen molar-refractivity contribution >= 4 is 34.7 Å². The molecule has 94 valence electrons. The fourth-order valence-corrected chi connectivity index (χ4v) is 1.96. The van der Waals surface area contributed by atoms with Crippen LogP contribution < -0.4 is 10.1 Å². The van der Waals surface area contributed by atoms with Gasteiger partial charge in [-0.2, -0.15) is 0 Å². The van der Waals surface area contributed by atoms with Crippen LogP contribution in [0.4, 0.5) is 11.5 Å². The zero-order valence-corrected chi connectivity index (χ0v) is 11.4. The largest absolute Gasteiger partial charge is 0.490 e. The molecule has 18 heavy (non-hydrogen) atoms. The molecular formula is C12H11Cl2N3O. The lowest BCUT2D eigenvalue weighted by atomic mass is 10.2. The van der Waals surface area contributed by atoms with Crippen LogP contribution in [0.1, 0.15) is 5.56 Å². The molecule has 1 N–H and O–H groups in total. The maximum atomic E-state index is 6.14. The summed E-state index contributed by atoms with van der Waals surface area (Å²) in [4.78, 5) is 7.92. The maximum Gasteiger partial charge on any atom is 0.199 e. The van der Waals surface area contributed by atoms with E-state index in [2.05, 4.69) is 15.3 Å². The second kappa shape index (κ2) is 5.42. The summed E-state index contributed by atoms with van der Waals surface area (Å²) in [7, 11) is 1.51. The van der Waals surface area contributed by atoms with E-state index in [1.165, 1.54) is 13.4 Å². The first-order valence-electron chi connectivity index (χ1n) is 5.19. The summed E-state index contributed by atoms with van der Waals surface area (Å²) in [6, 6.07) is 5.68. The summed E-state index contributed by atoms with van der Waals surface area (Å²) in [5, 5.41) is 3.92. The second-order valence-corrected chi connectivity index (χ2v) is 4.42. The van der Waals surface area contributed by atoms with Crippen LogP contribution in [-0.4, -0.2) is 17.1 Å². The Labute approximate surface area is 115 Å². The highest BCUT2D eigenvalue weighted by atomic mass is 35.5. The van der Waals surface area contributed by atoms with Crippen LogP contribution in [0.15, 0.2) is 24.5 Å². The normalized spacial score (nSPS) is 10.2. The van der Waals surface area contributed by atoms with Crippen LogP contribution in [0.5, 0.6) is 5.75 Å². The number of hydrogen-bond donors (Lipinski definition) is 1. The van der Waals surface area contributed by atoms with Gasteiger partial charge in [-0.25, -0.2) is 9.97 Å². The van der Waals surface area contributed by atoms with Crippen LogP contribution in [-0.2, 0) is 0 Å². The van der Waals surface area contributed by atoms with Gasteiger partial charge in [-0.3, -0.25) is 0 Å². The van der Waals surface area contributed by atoms with Gasteiger partial charge < -0.3 is 10.1 Å². The average molecular weight is 284 g/mol. The molecule has 2 aromatic rings. The van der Waals surface area contributed by atoms with Crippen LogP contribution in [0.3, 0.4) is 0 Å². The number of aromatic nitrogens is 2. The van der Waals surface area contributed by atoms with Crippen LogP contribution in [0.2, 0.25) is 10.2 Å². The van der Waals surface area contributed by atoms with Crippen LogP contribution in [0, 0.1) is 6.92 Å². The second-order valence-electron chi connectivity index (χ2n) is 3.65. The van der Waals surface area contributed by atoms with Gasteiger partial charge in [-0.15, -0.1) is 0 Å². The molecule has 0 aliphatic rings. The topological polar surface area (TPSA) is 47.0 Å². The minimum atomic E-state index is 0.248. The first-order valence-corrected chi connectivity index (χ1v) is 5.95. The molecular weight excluding hydrogens is 273 g/mol. The van der Waals surface area contributed by atoms with Crippen molar-refractivity contribution in [3.8, 4) is 5.75 Å². The van der Waals surface area contributed by atoms with Gasteiger partial charge in [0.2, 0.25) is 0 Å². The Morgan fingerprint density at radius 2 is 2.00 bits per heavy atom. The minimum Gasteiger partial charge on any atom is -0.490 e. The Morgan fingerprint density at radius 1 is 1.22 bits per heavy atom. The summed E-state index contributed by atoms with van der Waals surface area (Å²) in [6.07, 6.45) is 1.36. The fourth-order valence-electron chi connectivity index (χ4n) is 1.47. The molecule has 6 heteroatoms. The molecule has 2 rings (SSSR count). The molecule has 1 aromatic heterocycles. The standard InChI is InChI=1S/C12H11Cl2N3O/c1-7-3-4-9(8(13)5-7)17-12-10(18-2)11(14)15-6-16-12/h3-6H,1-2H3,(H,15,16,17). The molecule has 0 saturated heterocycles. The number of nitrogens with zero attached hydrogens (tertiary/aromatic N) is 2. The van der Waals surface area contributed by atoms with E-state index in [1.807, 2.05) is 25.1 Å². The number of nitrogens with one attached hydrogen (secondary N) is 1. The molecule has 0 aliphatic carbocycles. The first-order chi connectivity index (χ1) is 8.61. The fraction of sp³-hybridized carbons (Fsp3) is 0.167. The number of halogens is 2. The van der Waals surface area contributed by atoms with Gasteiger partial charge in [0.05, 0.1) is 17.8 Å². The highest BCUT2D eigenvalue weighted by Crippen LogP contribution is 2.33. The third kappa shape index (κ3) is 2.66. The van der Waals surface area contributed by atoms with Crippen molar-refractivity contribution in [2.75, 3.05) is 12.4 Å². The van der Waals surface area contributed by atoms with E-state index in [9.17, 15) is 0 Å². The number of anilines is 2. The number of rotatable bonds is 3. The highest BCUT2D eigenvalue weighted by Gasteiger charge is 2.11. The van der Waals surface area contributed by atoms with Crippen molar-refractivity contribution < 1.29 is 4.74 Å². The third-order valence-corrected chi connectivity index (χ3v) is 2.92. The molecule has 0 spiro atoms. The van der Waals surface area contributed by atoms with Crippen LogP contribution in [0.25, 0.3) is 0 Å². The average Bonchev–Trinajstić information content (AvgIpc) is 2.33. The molecule has 0 saturated carbocycles. The van der Waals surface area contributed by atoms with E-state index in [0.29, 0.717) is 16.6 Å². The number of hydrogen-bond acceptors (Lipinski definition) is 4. The van der Waals surface area contributed by atoms with E-state index in [-0.39, 0.29) is 5.15 Å². The van der Waals surface area contributed by atoms with Gasteiger partial charge in [0.25, 0.3) is 0 Å². The molecule has 0 unspecified atom stereocenters. The molecule has 0 bridgehead atoms. The number of ether oxygens (including phenoxy) is 1. The molecule has 4 nitrogen and oxygen atoms in total. The number of methoxy groups -OCH3 is 1. The predicted octanol–water partition coefficient (Wildman–Crippen LogP) is 3.84. The molecule has 0 aliphatic heterocycles. The highest BCUT2D eigenvalue weighted by molar-refractivity contribution is 6.33. The van der Waals surface area contributed by atoms with Crippen molar-refractivity contribution in [1.29, 1.82) is 0 Å². The van der Waals surface area contributed by atoms with Gasteiger partial charge in [0, 0.05) is 0 Å². The first kappa shape index (κ1) is 12.9. The van der Waals surface area contributed by atoms with Crippen molar-refractivity contribution in [3.05, 3.63) is 40.3 Å². The van der Waals surface area contributed by atoms with Crippen molar-refractivity contribution in [2.45, 2.75) is 6.92 Å². The number of benzene rings is 1. The molecule has 1 heterocycles. The lowest BCUT2D eigenvalue weighted by Crippen LogP contribution is -1.99. The monoisotopic (exact) mass is 283 g/mol. The number of aryl methyl sites for hydroxylation is 1. The van der Waals surface area contributed by atoms with Gasteiger partial charge in [0.15, 0.2) is 16.7 Å². The lowest BCUT2D eigenvalue weighted by Gasteiger charge is -2.11. The minimum absolute atomic E-state index is 0.248. The summed E-state index contributed by atoms with van der Waals surface area (Å²) in [5.41, 5.74) is 1.81. The van der Waals surface area contributed by atoms with Gasteiger partial charge >= 0.3 is 0 Å². The Bertz CT molecular complexity index is 575. The predicted molar refractivity (Wildman–Crippen MR) is 73.1 cm³/mol. The van der Waals surface area contributed by atoms with Crippen molar-refractivity contribution in [1.82, 2.24) is 9.97 Å². The summed E-state index contributed by atoms with van der Waals surface area (Å²) >= 11 is 12.0. The SMILES string of the molecule is COc1c(Cl)ncnc1Nc1ccc(C)cc1Cl. The Balaban J connectivity index is 2.37. The quantitative estimate of drug-likeness (QED) is 0.870. The molecule has 0 fully saturated rings. The molecule has 0 atom stereocenters. The van der Waals surface area contributed by atoms with Gasteiger partial charge in [-0.05, 0) is 24.6 Å². The van der Waals surface area contributed by atoms with Crippen molar-refractivity contribution in [2.24, 2.45) is 0 Å². The molecule has 0 radical (unpaired) electrons. The summed E-state index contributed by atoms with van der Waals surface area (Å²) < 4.78 is 5.15. The van der Waals surface area contributed by atoms with E-state index in [4.69, 9.17) is 27.9 Å². The Morgan fingerprint density at radius 3 is 2.67 bits per heavy atom.